The molecule has 0 amide bonds. The summed E-state index contributed by atoms with van der Waals surface area (Å²) in [6.07, 6.45) is 5.09. The SMILES string of the molecule is CCCCCCNc1ccc(OC)c(OC)c1. The third kappa shape index (κ3) is 4.55. The summed E-state index contributed by atoms with van der Waals surface area (Å²) in [5.41, 5.74) is 1.08. The molecule has 3 heteroatoms. The van der Waals surface area contributed by atoms with Crippen LogP contribution < -0.4 is 14.8 Å². The van der Waals surface area contributed by atoms with Gasteiger partial charge in [-0.15, -0.1) is 0 Å². The first-order valence-electron chi connectivity index (χ1n) is 6.27. The first kappa shape index (κ1) is 13.7. The molecular weight excluding hydrogens is 214 g/mol. The van der Waals surface area contributed by atoms with E-state index < -0.39 is 0 Å². The number of nitrogens with one attached hydrogen (secondary N) is 1. The Morgan fingerprint density at radius 1 is 1.00 bits per heavy atom. The first-order chi connectivity index (χ1) is 8.31. The van der Waals surface area contributed by atoms with Crippen molar-refractivity contribution in [3.8, 4) is 11.5 Å². The average Bonchev–Trinajstić information content (AvgIpc) is 2.38. The minimum Gasteiger partial charge on any atom is -0.493 e. The lowest BCUT2D eigenvalue weighted by Gasteiger charge is -2.11. The fourth-order valence-corrected chi connectivity index (χ4v) is 1.73. The van der Waals surface area contributed by atoms with E-state index in [-0.39, 0.29) is 0 Å². The van der Waals surface area contributed by atoms with Gasteiger partial charge < -0.3 is 14.8 Å². The van der Waals surface area contributed by atoms with E-state index in [4.69, 9.17) is 9.47 Å². The maximum atomic E-state index is 5.26. The maximum Gasteiger partial charge on any atom is 0.162 e. The molecule has 0 saturated carbocycles. The highest BCUT2D eigenvalue weighted by atomic mass is 16.5. The zero-order chi connectivity index (χ0) is 12.5. The van der Waals surface area contributed by atoms with Gasteiger partial charge in [0.15, 0.2) is 11.5 Å². The van der Waals surface area contributed by atoms with Crippen LogP contribution in [0.1, 0.15) is 32.6 Å². The van der Waals surface area contributed by atoms with Gasteiger partial charge in [-0.3, -0.25) is 0 Å². The van der Waals surface area contributed by atoms with Gasteiger partial charge in [0, 0.05) is 18.3 Å². The Morgan fingerprint density at radius 2 is 1.76 bits per heavy atom. The van der Waals surface area contributed by atoms with E-state index in [0.29, 0.717) is 0 Å². The molecule has 0 aliphatic heterocycles. The summed E-state index contributed by atoms with van der Waals surface area (Å²) in [6, 6.07) is 5.91. The molecule has 1 aromatic rings. The molecule has 1 N–H and O–H groups in total. The van der Waals surface area contributed by atoms with Gasteiger partial charge in [0.25, 0.3) is 0 Å². The summed E-state index contributed by atoms with van der Waals surface area (Å²) >= 11 is 0. The van der Waals surface area contributed by atoms with Crippen molar-refractivity contribution in [3.63, 3.8) is 0 Å². The molecule has 96 valence electrons. The number of methoxy groups -OCH3 is 2. The van der Waals surface area contributed by atoms with Crippen LogP contribution in [0.5, 0.6) is 11.5 Å². The van der Waals surface area contributed by atoms with Crippen LogP contribution >= 0.6 is 0 Å². The number of unbranched alkanes of at least 4 members (excludes halogenated alkanes) is 3. The summed E-state index contributed by atoms with van der Waals surface area (Å²) in [5.74, 6) is 1.54. The molecule has 0 radical (unpaired) electrons. The van der Waals surface area contributed by atoms with Crippen LogP contribution in [0.4, 0.5) is 5.69 Å². The topological polar surface area (TPSA) is 30.5 Å². The summed E-state index contributed by atoms with van der Waals surface area (Å²) < 4.78 is 10.5. The van der Waals surface area contributed by atoms with Crippen LogP contribution in [0.2, 0.25) is 0 Å². The van der Waals surface area contributed by atoms with Crippen molar-refractivity contribution in [1.82, 2.24) is 0 Å². The molecule has 3 nitrogen and oxygen atoms in total. The van der Waals surface area contributed by atoms with E-state index in [2.05, 4.69) is 12.2 Å². The average molecular weight is 237 g/mol. The Bertz CT molecular complexity index is 326. The lowest BCUT2D eigenvalue weighted by molar-refractivity contribution is 0.355. The van der Waals surface area contributed by atoms with Gasteiger partial charge in [0.05, 0.1) is 14.2 Å². The van der Waals surface area contributed by atoms with Crippen molar-refractivity contribution in [2.75, 3.05) is 26.1 Å². The van der Waals surface area contributed by atoms with Crippen LogP contribution in [0.15, 0.2) is 18.2 Å². The molecule has 0 bridgehead atoms. The van der Waals surface area contributed by atoms with Crippen LogP contribution in [0, 0.1) is 0 Å². The van der Waals surface area contributed by atoms with Crippen LogP contribution in [0.3, 0.4) is 0 Å². The molecule has 0 aliphatic carbocycles. The minimum absolute atomic E-state index is 0.768. The van der Waals surface area contributed by atoms with Gasteiger partial charge in [-0.1, -0.05) is 26.2 Å². The number of ether oxygens (including phenoxy) is 2. The molecule has 0 fully saturated rings. The first-order valence-corrected chi connectivity index (χ1v) is 6.27. The van der Waals surface area contributed by atoms with E-state index in [1.165, 1.54) is 25.7 Å². The van der Waals surface area contributed by atoms with E-state index in [1.54, 1.807) is 14.2 Å². The number of rotatable bonds is 8. The molecule has 0 unspecified atom stereocenters. The molecule has 17 heavy (non-hydrogen) atoms. The molecule has 1 aromatic carbocycles. The highest BCUT2D eigenvalue weighted by Crippen LogP contribution is 2.29. The molecule has 1 rings (SSSR count). The molecule has 0 aromatic heterocycles. The number of anilines is 1. The lowest BCUT2D eigenvalue weighted by Crippen LogP contribution is -2.02. The summed E-state index contributed by atoms with van der Waals surface area (Å²) in [5, 5.41) is 3.39. The summed E-state index contributed by atoms with van der Waals surface area (Å²) in [4.78, 5) is 0. The predicted octanol–water partition coefficient (Wildman–Crippen LogP) is 3.70. The normalized spacial score (nSPS) is 10.1. The minimum atomic E-state index is 0.768. The predicted molar refractivity (Wildman–Crippen MR) is 72.2 cm³/mol. The molecular formula is C14H23NO2. The van der Waals surface area contributed by atoms with E-state index in [9.17, 15) is 0 Å². The summed E-state index contributed by atoms with van der Waals surface area (Å²) in [6.45, 7) is 3.23. The second-order valence-corrected chi connectivity index (χ2v) is 4.06. The van der Waals surface area contributed by atoms with Crippen LogP contribution in [0.25, 0.3) is 0 Å². The monoisotopic (exact) mass is 237 g/mol. The van der Waals surface area contributed by atoms with Crippen molar-refractivity contribution < 1.29 is 9.47 Å². The van der Waals surface area contributed by atoms with E-state index in [0.717, 1.165) is 23.7 Å². The van der Waals surface area contributed by atoms with Crippen molar-refractivity contribution in [1.29, 1.82) is 0 Å². The highest BCUT2D eigenvalue weighted by molar-refractivity contribution is 5.54. The molecule has 0 aliphatic rings. The number of benzene rings is 1. The van der Waals surface area contributed by atoms with Crippen LogP contribution in [-0.4, -0.2) is 20.8 Å². The third-order valence-corrected chi connectivity index (χ3v) is 2.74. The quantitative estimate of drug-likeness (QED) is 0.699. The van der Waals surface area contributed by atoms with Crippen molar-refractivity contribution in [3.05, 3.63) is 18.2 Å². The zero-order valence-electron chi connectivity index (χ0n) is 11.1. The maximum absolute atomic E-state index is 5.26. The fraction of sp³-hybridized carbons (Fsp3) is 0.571. The van der Waals surface area contributed by atoms with Crippen LogP contribution in [-0.2, 0) is 0 Å². The Balaban J connectivity index is 2.43. The van der Waals surface area contributed by atoms with Crippen molar-refractivity contribution in [2.45, 2.75) is 32.6 Å². The second-order valence-electron chi connectivity index (χ2n) is 4.06. The fourth-order valence-electron chi connectivity index (χ4n) is 1.73. The standard InChI is InChI=1S/C14H23NO2/c1-4-5-6-7-10-15-12-8-9-13(16-2)14(11-12)17-3/h8-9,11,15H,4-7,10H2,1-3H3. The van der Waals surface area contributed by atoms with Gasteiger partial charge in [-0.25, -0.2) is 0 Å². The van der Waals surface area contributed by atoms with Gasteiger partial charge in [-0.05, 0) is 18.6 Å². The Hall–Kier alpha value is -1.38. The molecule has 0 atom stereocenters. The Morgan fingerprint density at radius 3 is 2.41 bits per heavy atom. The smallest absolute Gasteiger partial charge is 0.162 e. The lowest BCUT2D eigenvalue weighted by atomic mass is 10.2. The Labute approximate surface area is 104 Å². The van der Waals surface area contributed by atoms with E-state index >= 15 is 0 Å². The third-order valence-electron chi connectivity index (χ3n) is 2.74. The van der Waals surface area contributed by atoms with Crippen molar-refractivity contribution >= 4 is 5.69 Å². The largest absolute Gasteiger partial charge is 0.493 e. The zero-order valence-corrected chi connectivity index (χ0v) is 11.1. The molecule has 0 spiro atoms. The number of hydrogen-bond acceptors (Lipinski definition) is 3. The molecule has 0 heterocycles. The summed E-state index contributed by atoms with van der Waals surface area (Å²) in [7, 11) is 3.30. The molecule has 0 saturated heterocycles. The Kier molecular flexibility index (Phi) is 6.30. The highest BCUT2D eigenvalue weighted by Gasteiger charge is 2.03. The van der Waals surface area contributed by atoms with Crippen molar-refractivity contribution in [2.24, 2.45) is 0 Å². The van der Waals surface area contributed by atoms with E-state index in [1.807, 2.05) is 18.2 Å². The van der Waals surface area contributed by atoms with Gasteiger partial charge in [0.1, 0.15) is 0 Å². The number of hydrogen-bond donors (Lipinski definition) is 1. The van der Waals surface area contributed by atoms with Gasteiger partial charge >= 0.3 is 0 Å². The van der Waals surface area contributed by atoms with Gasteiger partial charge in [0.2, 0.25) is 0 Å². The van der Waals surface area contributed by atoms with Gasteiger partial charge in [-0.2, -0.15) is 0 Å². The second kappa shape index (κ2) is 7.82.